The van der Waals surface area contributed by atoms with Gasteiger partial charge < -0.3 is 9.73 Å². The molecule has 0 spiro atoms. The summed E-state index contributed by atoms with van der Waals surface area (Å²) >= 11 is 1.41. The van der Waals surface area contributed by atoms with E-state index in [9.17, 15) is 9.18 Å². The lowest BCUT2D eigenvalue weighted by molar-refractivity contribution is 0.102. The predicted octanol–water partition coefficient (Wildman–Crippen LogP) is 4.80. The van der Waals surface area contributed by atoms with Gasteiger partial charge >= 0.3 is 0 Å². The van der Waals surface area contributed by atoms with Crippen molar-refractivity contribution in [2.75, 3.05) is 5.32 Å². The van der Waals surface area contributed by atoms with E-state index in [2.05, 4.69) is 25.8 Å². The van der Waals surface area contributed by atoms with E-state index < -0.39 is 5.82 Å². The Kier molecular flexibility index (Phi) is 5.57. The number of para-hydroxylation sites is 2. The van der Waals surface area contributed by atoms with Gasteiger partial charge in [-0.1, -0.05) is 42.1 Å². The van der Waals surface area contributed by atoms with Crippen LogP contribution in [0.1, 0.15) is 21.7 Å². The molecule has 164 valence electrons. The summed E-state index contributed by atoms with van der Waals surface area (Å²) in [6.07, 6.45) is 0. The summed E-state index contributed by atoms with van der Waals surface area (Å²) in [6, 6.07) is 19.1. The number of fused-ring (bicyclic) bond motifs is 1. The van der Waals surface area contributed by atoms with Gasteiger partial charge in [0.25, 0.3) is 11.1 Å². The second-order valence-corrected chi connectivity index (χ2v) is 8.08. The van der Waals surface area contributed by atoms with Gasteiger partial charge in [0.1, 0.15) is 17.0 Å². The Labute approximate surface area is 191 Å². The second kappa shape index (κ2) is 8.83. The number of nitrogens with zero attached hydrogens (tertiary/aromatic N) is 5. The zero-order valence-electron chi connectivity index (χ0n) is 17.4. The van der Waals surface area contributed by atoms with Crippen LogP contribution >= 0.6 is 11.8 Å². The minimum absolute atomic E-state index is 0.148. The molecule has 0 saturated heterocycles. The van der Waals surface area contributed by atoms with Crippen LogP contribution in [0.4, 0.5) is 10.1 Å². The standard InChI is InChI=1S/C23H17FN6O2S/c1-14-27-28-29-30(14)20-12-16(10-11-18(20)24)25-22(31)17-7-3-2-6-15(17)13-33-23-26-19-8-4-5-9-21(19)32-23/h2-12H,13H2,1H3,(H,25,31). The minimum atomic E-state index is -0.501. The van der Waals surface area contributed by atoms with Gasteiger partial charge in [0.2, 0.25) is 0 Å². The molecule has 0 aliphatic rings. The first-order valence-electron chi connectivity index (χ1n) is 10.0. The van der Waals surface area contributed by atoms with Crippen molar-refractivity contribution in [1.82, 2.24) is 25.2 Å². The molecule has 5 rings (SSSR count). The second-order valence-electron chi connectivity index (χ2n) is 7.15. The maximum atomic E-state index is 14.3. The molecular weight excluding hydrogens is 443 g/mol. The number of oxazole rings is 1. The molecule has 0 bridgehead atoms. The Morgan fingerprint density at radius 1 is 1.12 bits per heavy atom. The average molecular weight is 460 g/mol. The van der Waals surface area contributed by atoms with Crippen LogP contribution in [0.5, 0.6) is 0 Å². The number of aryl methyl sites for hydroxylation is 1. The van der Waals surface area contributed by atoms with E-state index in [1.165, 1.54) is 34.6 Å². The van der Waals surface area contributed by atoms with Gasteiger partial charge in [-0.3, -0.25) is 4.79 Å². The fourth-order valence-electron chi connectivity index (χ4n) is 3.33. The number of nitrogens with one attached hydrogen (secondary N) is 1. The molecule has 0 saturated carbocycles. The molecule has 0 unspecified atom stereocenters. The average Bonchev–Trinajstić information content (AvgIpc) is 3.44. The van der Waals surface area contributed by atoms with Crippen molar-refractivity contribution in [3.8, 4) is 5.69 Å². The Bertz CT molecular complexity index is 1430. The van der Waals surface area contributed by atoms with Crippen LogP contribution in [0.25, 0.3) is 16.8 Å². The fraction of sp³-hybridized carbons (Fsp3) is 0.0870. The summed E-state index contributed by atoms with van der Waals surface area (Å²) < 4.78 is 21.4. The van der Waals surface area contributed by atoms with Gasteiger partial charge in [-0.05, 0) is 59.3 Å². The summed E-state index contributed by atoms with van der Waals surface area (Å²) in [4.78, 5) is 17.5. The molecule has 1 N–H and O–H groups in total. The van der Waals surface area contributed by atoms with E-state index in [0.717, 1.165) is 16.7 Å². The van der Waals surface area contributed by atoms with Crippen LogP contribution in [0, 0.1) is 12.7 Å². The zero-order chi connectivity index (χ0) is 22.8. The van der Waals surface area contributed by atoms with E-state index >= 15 is 0 Å². The first kappa shape index (κ1) is 20.8. The first-order chi connectivity index (χ1) is 16.1. The van der Waals surface area contributed by atoms with Gasteiger partial charge in [-0.25, -0.2) is 9.37 Å². The van der Waals surface area contributed by atoms with Crippen LogP contribution in [-0.4, -0.2) is 31.1 Å². The number of aromatic nitrogens is 5. The molecule has 0 atom stereocenters. The van der Waals surface area contributed by atoms with Gasteiger partial charge in [-0.2, -0.15) is 4.68 Å². The highest BCUT2D eigenvalue weighted by molar-refractivity contribution is 7.98. The number of thioether (sulfide) groups is 1. The Balaban J connectivity index is 1.35. The quantitative estimate of drug-likeness (QED) is 0.364. The highest BCUT2D eigenvalue weighted by Gasteiger charge is 2.15. The maximum absolute atomic E-state index is 14.3. The number of halogens is 1. The van der Waals surface area contributed by atoms with E-state index in [0.29, 0.717) is 28.1 Å². The number of carbonyl (C=O) groups is 1. The normalized spacial score (nSPS) is 11.1. The molecule has 10 heteroatoms. The van der Waals surface area contributed by atoms with Gasteiger partial charge in [0.05, 0.1) is 0 Å². The van der Waals surface area contributed by atoms with Crippen molar-refractivity contribution in [3.63, 3.8) is 0 Å². The van der Waals surface area contributed by atoms with Gasteiger partial charge in [-0.15, -0.1) is 5.10 Å². The van der Waals surface area contributed by atoms with Crippen molar-refractivity contribution in [2.24, 2.45) is 0 Å². The topological polar surface area (TPSA) is 98.7 Å². The fourth-order valence-corrected chi connectivity index (χ4v) is 4.17. The summed E-state index contributed by atoms with van der Waals surface area (Å²) in [5, 5.41) is 14.5. The van der Waals surface area contributed by atoms with Crippen molar-refractivity contribution in [2.45, 2.75) is 17.9 Å². The molecule has 1 amide bonds. The lowest BCUT2D eigenvalue weighted by Crippen LogP contribution is -2.14. The molecule has 5 aromatic rings. The molecule has 2 aromatic heterocycles. The Hall–Kier alpha value is -4.05. The number of benzene rings is 3. The number of hydrogen-bond acceptors (Lipinski definition) is 7. The van der Waals surface area contributed by atoms with E-state index in [-0.39, 0.29) is 11.6 Å². The number of tetrazole rings is 1. The monoisotopic (exact) mass is 460 g/mol. The highest BCUT2D eigenvalue weighted by atomic mass is 32.2. The van der Waals surface area contributed by atoms with Crippen LogP contribution in [0.3, 0.4) is 0 Å². The lowest BCUT2D eigenvalue weighted by atomic mass is 10.1. The van der Waals surface area contributed by atoms with Crippen molar-refractivity contribution in [1.29, 1.82) is 0 Å². The smallest absolute Gasteiger partial charge is 0.257 e. The van der Waals surface area contributed by atoms with E-state index in [1.807, 2.05) is 36.4 Å². The number of amides is 1. The third kappa shape index (κ3) is 4.33. The van der Waals surface area contributed by atoms with Crippen molar-refractivity contribution >= 4 is 34.5 Å². The molecular formula is C23H17FN6O2S. The molecule has 0 aliphatic carbocycles. The van der Waals surface area contributed by atoms with E-state index in [4.69, 9.17) is 4.42 Å². The number of anilines is 1. The predicted molar refractivity (Wildman–Crippen MR) is 122 cm³/mol. The van der Waals surface area contributed by atoms with Crippen molar-refractivity contribution < 1.29 is 13.6 Å². The van der Waals surface area contributed by atoms with Crippen LogP contribution < -0.4 is 5.32 Å². The van der Waals surface area contributed by atoms with Gasteiger partial charge in [0, 0.05) is 17.0 Å². The SMILES string of the molecule is Cc1nnnn1-c1cc(NC(=O)c2ccccc2CSc2nc3ccccc3o2)ccc1F. The molecule has 3 aromatic carbocycles. The molecule has 2 heterocycles. The number of carbonyl (C=O) groups excluding carboxylic acids is 1. The third-order valence-corrected chi connectivity index (χ3v) is 5.82. The summed E-state index contributed by atoms with van der Waals surface area (Å²) in [5.74, 6) is 0.113. The summed E-state index contributed by atoms with van der Waals surface area (Å²) in [6.45, 7) is 1.66. The maximum Gasteiger partial charge on any atom is 0.257 e. The zero-order valence-corrected chi connectivity index (χ0v) is 18.2. The molecule has 33 heavy (non-hydrogen) atoms. The molecule has 0 radical (unpaired) electrons. The molecule has 8 nitrogen and oxygen atoms in total. The summed E-state index contributed by atoms with van der Waals surface area (Å²) in [7, 11) is 0. The number of hydrogen-bond donors (Lipinski definition) is 1. The Morgan fingerprint density at radius 3 is 2.76 bits per heavy atom. The summed E-state index contributed by atoms with van der Waals surface area (Å²) in [5.41, 5.74) is 3.40. The molecule has 0 fully saturated rings. The van der Waals surface area contributed by atoms with Crippen LogP contribution in [0.15, 0.2) is 76.4 Å². The third-order valence-electron chi connectivity index (χ3n) is 4.94. The van der Waals surface area contributed by atoms with Gasteiger partial charge in [0.15, 0.2) is 11.4 Å². The lowest BCUT2D eigenvalue weighted by Gasteiger charge is -2.11. The van der Waals surface area contributed by atoms with E-state index in [1.54, 1.807) is 19.1 Å². The van der Waals surface area contributed by atoms with Crippen molar-refractivity contribution in [3.05, 3.63) is 89.5 Å². The van der Waals surface area contributed by atoms with Crippen LogP contribution in [0.2, 0.25) is 0 Å². The minimum Gasteiger partial charge on any atom is -0.431 e. The number of rotatable bonds is 6. The highest BCUT2D eigenvalue weighted by Crippen LogP contribution is 2.28. The Morgan fingerprint density at radius 2 is 1.94 bits per heavy atom. The molecule has 0 aliphatic heterocycles. The largest absolute Gasteiger partial charge is 0.431 e. The van der Waals surface area contributed by atoms with Crippen LogP contribution in [-0.2, 0) is 5.75 Å². The first-order valence-corrected chi connectivity index (χ1v) is 11.0.